The SMILES string of the molecule is Cc1cccc(CNc2ccccc2-n2cccn2)c1. The molecule has 0 spiro atoms. The van der Waals surface area contributed by atoms with Gasteiger partial charge in [-0.2, -0.15) is 5.10 Å². The first-order valence-corrected chi connectivity index (χ1v) is 6.71. The van der Waals surface area contributed by atoms with E-state index in [1.54, 1.807) is 6.20 Å². The van der Waals surface area contributed by atoms with Crippen LogP contribution in [0, 0.1) is 6.92 Å². The minimum absolute atomic E-state index is 0.806. The van der Waals surface area contributed by atoms with Gasteiger partial charge in [-0.3, -0.25) is 0 Å². The number of nitrogens with one attached hydrogen (secondary N) is 1. The van der Waals surface area contributed by atoms with E-state index in [2.05, 4.69) is 53.7 Å². The summed E-state index contributed by atoms with van der Waals surface area (Å²) in [7, 11) is 0. The largest absolute Gasteiger partial charge is 0.379 e. The lowest BCUT2D eigenvalue weighted by atomic mass is 10.1. The Hall–Kier alpha value is -2.55. The average molecular weight is 263 g/mol. The fourth-order valence-corrected chi connectivity index (χ4v) is 2.25. The number of hydrogen-bond donors (Lipinski definition) is 1. The van der Waals surface area contributed by atoms with Gasteiger partial charge in [-0.05, 0) is 30.7 Å². The molecule has 1 aromatic heterocycles. The molecule has 0 atom stereocenters. The number of rotatable bonds is 4. The summed E-state index contributed by atoms with van der Waals surface area (Å²) >= 11 is 0. The van der Waals surface area contributed by atoms with E-state index in [-0.39, 0.29) is 0 Å². The lowest BCUT2D eigenvalue weighted by Crippen LogP contribution is -2.04. The normalized spacial score (nSPS) is 10.4. The van der Waals surface area contributed by atoms with Crippen molar-refractivity contribution in [3.63, 3.8) is 0 Å². The van der Waals surface area contributed by atoms with Gasteiger partial charge in [0, 0.05) is 18.9 Å². The number of aryl methyl sites for hydroxylation is 1. The number of hydrogen-bond acceptors (Lipinski definition) is 2. The molecule has 3 heteroatoms. The Morgan fingerprint density at radius 1 is 1.05 bits per heavy atom. The third-order valence-electron chi connectivity index (χ3n) is 3.22. The Balaban J connectivity index is 1.81. The second-order valence-electron chi connectivity index (χ2n) is 4.81. The van der Waals surface area contributed by atoms with Crippen LogP contribution in [0.2, 0.25) is 0 Å². The summed E-state index contributed by atoms with van der Waals surface area (Å²) in [6, 6.07) is 18.7. The highest BCUT2D eigenvalue weighted by Crippen LogP contribution is 2.19. The molecule has 3 rings (SSSR count). The van der Waals surface area contributed by atoms with Crippen LogP contribution in [0.5, 0.6) is 0 Å². The predicted octanol–water partition coefficient (Wildman–Crippen LogP) is 3.79. The molecule has 0 aliphatic rings. The Bertz CT molecular complexity index is 687. The summed E-state index contributed by atoms with van der Waals surface area (Å²) in [6.45, 7) is 2.92. The standard InChI is InChI=1S/C17H17N3/c1-14-6-4-7-15(12-14)13-18-16-8-2-3-9-17(16)20-11-5-10-19-20/h2-12,18H,13H2,1H3. The summed E-state index contributed by atoms with van der Waals surface area (Å²) in [5.74, 6) is 0. The van der Waals surface area contributed by atoms with Gasteiger partial charge < -0.3 is 5.32 Å². The molecule has 0 saturated carbocycles. The van der Waals surface area contributed by atoms with Crippen LogP contribution in [-0.4, -0.2) is 9.78 Å². The molecule has 3 aromatic rings. The third-order valence-corrected chi connectivity index (χ3v) is 3.22. The van der Waals surface area contributed by atoms with E-state index in [9.17, 15) is 0 Å². The van der Waals surface area contributed by atoms with Gasteiger partial charge in [0.25, 0.3) is 0 Å². The number of aromatic nitrogens is 2. The minimum Gasteiger partial charge on any atom is -0.379 e. The molecule has 0 fully saturated rings. The zero-order valence-corrected chi connectivity index (χ0v) is 11.5. The topological polar surface area (TPSA) is 29.9 Å². The van der Waals surface area contributed by atoms with Gasteiger partial charge in [0.2, 0.25) is 0 Å². The smallest absolute Gasteiger partial charge is 0.0876 e. The second kappa shape index (κ2) is 5.61. The quantitative estimate of drug-likeness (QED) is 0.776. The Morgan fingerprint density at radius 3 is 2.75 bits per heavy atom. The zero-order chi connectivity index (χ0) is 13.8. The van der Waals surface area contributed by atoms with E-state index >= 15 is 0 Å². The number of anilines is 1. The van der Waals surface area contributed by atoms with E-state index in [0.717, 1.165) is 17.9 Å². The lowest BCUT2D eigenvalue weighted by molar-refractivity contribution is 0.879. The van der Waals surface area contributed by atoms with Crippen molar-refractivity contribution in [2.45, 2.75) is 13.5 Å². The molecule has 0 radical (unpaired) electrons. The highest BCUT2D eigenvalue weighted by molar-refractivity contribution is 5.60. The Morgan fingerprint density at radius 2 is 1.95 bits per heavy atom. The van der Waals surface area contributed by atoms with Gasteiger partial charge in [-0.25, -0.2) is 4.68 Å². The molecule has 2 aromatic carbocycles. The van der Waals surface area contributed by atoms with Crippen molar-refractivity contribution in [2.75, 3.05) is 5.32 Å². The molecular weight excluding hydrogens is 246 g/mol. The van der Waals surface area contributed by atoms with Crippen molar-refractivity contribution in [3.05, 3.63) is 78.1 Å². The first-order valence-electron chi connectivity index (χ1n) is 6.71. The van der Waals surface area contributed by atoms with Gasteiger partial charge in [0.05, 0.1) is 11.4 Å². The van der Waals surface area contributed by atoms with Crippen LogP contribution in [0.3, 0.4) is 0 Å². The van der Waals surface area contributed by atoms with Crippen LogP contribution in [0.1, 0.15) is 11.1 Å². The van der Waals surface area contributed by atoms with E-state index < -0.39 is 0 Å². The predicted molar refractivity (Wildman–Crippen MR) is 82.1 cm³/mol. The number of para-hydroxylation sites is 2. The zero-order valence-electron chi connectivity index (χ0n) is 11.5. The molecule has 0 amide bonds. The van der Waals surface area contributed by atoms with Crippen molar-refractivity contribution in [1.29, 1.82) is 0 Å². The summed E-state index contributed by atoms with van der Waals surface area (Å²) < 4.78 is 1.87. The minimum atomic E-state index is 0.806. The Kier molecular flexibility index (Phi) is 3.50. The van der Waals surface area contributed by atoms with Gasteiger partial charge in [0.15, 0.2) is 0 Å². The molecule has 1 N–H and O–H groups in total. The summed E-state index contributed by atoms with van der Waals surface area (Å²) in [6.07, 6.45) is 3.74. The number of nitrogens with zero attached hydrogens (tertiary/aromatic N) is 2. The van der Waals surface area contributed by atoms with Crippen molar-refractivity contribution < 1.29 is 0 Å². The molecule has 0 aliphatic carbocycles. The first kappa shape index (κ1) is 12.5. The molecule has 0 saturated heterocycles. The fourth-order valence-electron chi connectivity index (χ4n) is 2.25. The maximum Gasteiger partial charge on any atom is 0.0876 e. The van der Waals surface area contributed by atoms with Crippen LogP contribution in [0.4, 0.5) is 5.69 Å². The molecule has 20 heavy (non-hydrogen) atoms. The first-order chi connectivity index (χ1) is 9.83. The maximum atomic E-state index is 4.29. The lowest BCUT2D eigenvalue weighted by Gasteiger charge is -2.12. The van der Waals surface area contributed by atoms with E-state index in [0.29, 0.717) is 0 Å². The van der Waals surface area contributed by atoms with Gasteiger partial charge in [-0.1, -0.05) is 42.0 Å². The van der Waals surface area contributed by atoms with Crippen LogP contribution < -0.4 is 5.32 Å². The molecule has 1 heterocycles. The summed E-state index contributed by atoms with van der Waals surface area (Å²) in [5, 5.41) is 7.78. The van der Waals surface area contributed by atoms with Crippen molar-refractivity contribution in [2.24, 2.45) is 0 Å². The van der Waals surface area contributed by atoms with Crippen molar-refractivity contribution in [1.82, 2.24) is 9.78 Å². The van der Waals surface area contributed by atoms with Crippen molar-refractivity contribution >= 4 is 5.69 Å². The molecule has 3 nitrogen and oxygen atoms in total. The van der Waals surface area contributed by atoms with Crippen molar-refractivity contribution in [3.8, 4) is 5.69 Å². The maximum absolute atomic E-state index is 4.29. The highest BCUT2D eigenvalue weighted by atomic mass is 15.3. The molecule has 0 aliphatic heterocycles. The fraction of sp³-hybridized carbons (Fsp3) is 0.118. The van der Waals surface area contributed by atoms with Crippen LogP contribution in [-0.2, 0) is 6.54 Å². The van der Waals surface area contributed by atoms with Crippen LogP contribution >= 0.6 is 0 Å². The molecule has 0 unspecified atom stereocenters. The van der Waals surface area contributed by atoms with E-state index in [1.165, 1.54) is 11.1 Å². The number of benzene rings is 2. The van der Waals surface area contributed by atoms with Gasteiger partial charge in [0.1, 0.15) is 0 Å². The Labute approximate surface area is 118 Å². The van der Waals surface area contributed by atoms with E-state index in [4.69, 9.17) is 0 Å². The van der Waals surface area contributed by atoms with Gasteiger partial charge in [-0.15, -0.1) is 0 Å². The third kappa shape index (κ3) is 2.72. The molecule has 0 bridgehead atoms. The summed E-state index contributed by atoms with van der Waals surface area (Å²) in [5.41, 5.74) is 4.70. The molecule has 100 valence electrons. The molecular formula is C17H17N3. The monoisotopic (exact) mass is 263 g/mol. The average Bonchev–Trinajstić information content (AvgIpc) is 3.00. The van der Waals surface area contributed by atoms with Crippen LogP contribution in [0.15, 0.2) is 67.0 Å². The highest BCUT2D eigenvalue weighted by Gasteiger charge is 2.03. The summed E-state index contributed by atoms with van der Waals surface area (Å²) in [4.78, 5) is 0. The van der Waals surface area contributed by atoms with E-state index in [1.807, 2.05) is 29.1 Å². The van der Waals surface area contributed by atoms with Gasteiger partial charge >= 0.3 is 0 Å². The van der Waals surface area contributed by atoms with Crippen LogP contribution in [0.25, 0.3) is 5.69 Å². The second-order valence-corrected chi connectivity index (χ2v) is 4.81.